The molecule has 0 spiro atoms. The second-order valence-electron chi connectivity index (χ2n) is 12.6. The molecule has 1 amide bonds. The quantitative estimate of drug-likeness (QED) is 0.225. The second-order valence-corrected chi connectivity index (χ2v) is 12.6. The van der Waals surface area contributed by atoms with E-state index < -0.39 is 35.8 Å². The number of esters is 1. The SMILES string of the molecule is CC(NC(=O)OC(C)(C)C)c1cccc(-c2cc(CCCF)cc(COc3ccccc3CC(=O)OC(C)(C)C)c2)c1F. The molecule has 0 bridgehead atoms. The van der Waals surface area contributed by atoms with E-state index in [0.717, 1.165) is 11.1 Å². The van der Waals surface area contributed by atoms with E-state index >= 15 is 4.39 Å². The van der Waals surface area contributed by atoms with E-state index in [-0.39, 0.29) is 19.0 Å². The molecular formula is C35H43F2NO5. The van der Waals surface area contributed by atoms with E-state index in [2.05, 4.69) is 5.32 Å². The number of amides is 1. The van der Waals surface area contributed by atoms with Gasteiger partial charge in [-0.15, -0.1) is 0 Å². The predicted molar refractivity (Wildman–Crippen MR) is 164 cm³/mol. The summed E-state index contributed by atoms with van der Waals surface area (Å²) in [5.41, 5.74) is 2.30. The van der Waals surface area contributed by atoms with Crippen LogP contribution in [0, 0.1) is 5.82 Å². The van der Waals surface area contributed by atoms with Gasteiger partial charge in [0.1, 0.15) is 29.4 Å². The number of benzene rings is 3. The maximum Gasteiger partial charge on any atom is 0.408 e. The third kappa shape index (κ3) is 10.7. The van der Waals surface area contributed by atoms with Crippen LogP contribution in [0.4, 0.5) is 13.6 Å². The normalized spacial score (nSPS) is 12.4. The molecule has 0 saturated carbocycles. The third-order valence-electron chi connectivity index (χ3n) is 6.31. The standard InChI is InChI=1S/C35H43F2NO5/c1-23(38-33(40)43-35(5,6)7)28-14-10-15-29(32(28)37)27-19-24(12-11-17-36)18-25(20-27)22-41-30-16-9-8-13-26(30)21-31(39)42-34(2,3)4/h8-10,13-16,18-20,23H,11-12,17,21-22H2,1-7H3,(H,38,40). The van der Waals surface area contributed by atoms with Gasteiger partial charge >= 0.3 is 12.1 Å². The first-order valence-corrected chi connectivity index (χ1v) is 14.5. The van der Waals surface area contributed by atoms with Crippen LogP contribution >= 0.6 is 0 Å². The largest absolute Gasteiger partial charge is 0.489 e. The average molecular weight is 596 g/mol. The fraction of sp³-hybridized carbons (Fsp3) is 0.429. The van der Waals surface area contributed by atoms with Crippen LogP contribution in [0.1, 0.15) is 83.2 Å². The maximum absolute atomic E-state index is 15.9. The lowest BCUT2D eigenvalue weighted by Gasteiger charge is -2.22. The van der Waals surface area contributed by atoms with Gasteiger partial charge in [0.15, 0.2) is 0 Å². The lowest BCUT2D eigenvalue weighted by atomic mass is 9.95. The topological polar surface area (TPSA) is 73.9 Å². The number of ether oxygens (including phenoxy) is 3. The Bertz CT molecular complexity index is 1410. The van der Waals surface area contributed by atoms with Crippen LogP contribution in [0.15, 0.2) is 60.7 Å². The van der Waals surface area contributed by atoms with Gasteiger partial charge in [-0.3, -0.25) is 9.18 Å². The average Bonchev–Trinajstić information content (AvgIpc) is 2.89. The summed E-state index contributed by atoms with van der Waals surface area (Å²) in [6.45, 7) is 12.1. The molecule has 8 heteroatoms. The molecule has 1 N–H and O–H groups in total. The van der Waals surface area contributed by atoms with E-state index in [9.17, 15) is 14.0 Å². The zero-order valence-electron chi connectivity index (χ0n) is 26.2. The van der Waals surface area contributed by atoms with Gasteiger partial charge in [-0.1, -0.05) is 48.5 Å². The number of para-hydroxylation sites is 1. The molecule has 1 atom stereocenters. The Balaban J connectivity index is 1.88. The second kappa shape index (κ2) is 14.5. The molecule has 0 aliphatic heterocycles. The molecule has 3 aromatic carbocycles. The number of carbonyl (C=O) groups excluding carboxylic acids is 2. The highest BCUT2D eigenvalue weighted by Gasteiger charge is 2.22. The fourth-order valence-electron chi connectivity index (χ4n) is 4.57. The van der Waals surface area contributed by atoms with E-state index in [4.69, 9.17) is 14.2 Å². The van der Waals surface area contributed by atoms with Crippen LogP contribution in [0.3, 0.4) is 0 Å². The van der Waals surface area contributed by atoms with Gasteiger partial charge in [0, 0.05) is 16.7 Å². The van der Waals surface area contributed by atoms with Gasteiger partial charge < -0.3 is 19.5 Å². The third-order valence-corrected chi connectivity index (χ3v) is 6.31. The summed E-state index contributed by atoms with van der Waals surface area (Å²) in [6.07, 6.45) is 0.235. The van der Waals surface area contributed by atoms with Crippen LogP contribution in [-0.4, -0.2) is 29.9 Å². The van der Waals surface area contributed by atoms with Gasteiger partial charge in [-0.2, -0.15) is 0 Å². The molecule has 0 aliphatic rings. The summed E-state index contributed by atoms with van der Waals surface area (Å²) in [7, 11) is 0. The van der Waals surface area contributed by atoms with Crippen molar-refractivity contribution in [2.75, 3.05) is 6.67 Å². The monoisotopic (exact) mass is 595 g/mol. The Kier molecular flexibility index (Phi) is 11.3. The molecule has 0 saturated heterocycles. The molecule has 0 heterocycles. The predicted octanol–water partition coefficient (Wildman–Crippen LogP) is 8.44. The summed E-state index contributed by atoms with van der Waals surface area (Å²) in [5, 5.41) is 2.70. The molecule has 232 valence electrons. The Hall–Kier alpha value is -3.94. The van der Waals surface area contributed by atoms with Crippen molar-refractivity contribution >= 4 is 12.1 Å². The number of alkyl carbamates (subject to hydrolysis) is 1. The van der Waals surface area contributed by atoms with Crippen molar-refractivity contribution in [3.63, 3.8) is 0 Å². The molecule has 0 fully saturated rings. The number of hydrogen-bond acceptors (Lipinski definition) is 5. The molecule has 6 nitrogen and oxygen atoms in total. The molecule has 0 aliphatic carbocycles. The van der Waals surface area contributed by atoms with Gasteiger partial charge in [0.05, 0.1) is 19.1 Å². The zero-order valence-corrected chi connectivity index (χ0v) is 26.2. The van der Waals surface area contributed by atoms with Crippen LogP contribution < -0.4 is 10.1 Å². The molecule has 43 heavy (non-hydrogen) atoms. The van der Waals surface area contributed by atoms with Crippen molar-refractivity contribution in [2.45, 2.75) is 91.6 Å². The van der Waals surface area contributed by atoms with Crippen molar-refractivity contribution in [3.05, 3.63) is 88.7 Å². The number of carbonyl (C=O) groups is 2. The lowest BCUT2D eigenvalue weighted by molar-refractivity contribution is -0.153. The molecular weight excluding hydrogens is 552 g/mol. The van der Waals surface area contributed by atoms with Crippen molar-refractivity contribution in [3.8, 4) is 16.9 Å². The fourth-order valence-corrected chi connectivity index (χ4v) is 4.57. The number of halogens is 2. The van der Waals surface area contributed by atoms with Crippen LogP contribution in [0.2, 0.25) is 0 Å². The maximum atomic E-state index is 15.9. The highest BCUT2D eigenvalue weighted by Crippen LogP contribution is 2.31. The van der Waals surface area contributed by atoms with Crippen LogP contribution in [0.25, 0.3) is 11.1 Å². The van der Waals surface area contributed by atoms with Gasteiger partial charge in [0.2, 0.25) is 0 Å². The first kappa shape index (κ1) is 33.6. The number of aryl methyl sites for hydroxylation is 1. The molecule has 3 aromatic rings. The highest BCUT2D eigenvalue weighted by molar-refractivity contribution is 5.74. The first-order valence-electron chi connectivity index (χ1n) is 14.5. The summed E-state index contributed by atoms with van der Waals surface area (Å²) in [5.74, 6) is -0.285. The number of alkyl halides is 1. The Labute approximate surface area is 253 Å². The summed E-state index contributed by atoms with van der Waals surface area (Å²) >= 11 is 0. The minimum atomic E-state index is -0.682. The molecule has 0 aromatic heterocycles. The summed E-state index contributed by atoms with van der Waals surface area (Å²) in [6, 6.07) is 17.3. The summed E-state index contributed by atoms with van der Waals surface area (Å²) < 4.78 is 45.9. The van der Waals surface area contributed by atoms with E-state index in [0.29, 0.717) is 40.8 Å². The Morgan fingerprint density at radius 1 is 0.884 bits per heavy atom. The molecule has 1 unspecified atom stereocenters. The first-order chi connectivity index (χ1) is 20.1. The minimum absolute atomic E-state index is 0.0583. The van der Waals surface area contributed by atoms with Gasteiger partial charge in [-0.05, 0) is 90.1 Å². The number of rotatable bonds is 11. The van der Waals surface area contributed by atoms with Crippen molar-refractivity contribution in [2.24, 2.45) is 0 Å². The summed E-state index contributed by atoms with van der Waals surface area (Å²) in [4.78, 5) is 24.8. The van der Waals surface area contributed by atoms with E-state index in [1.807, 2.05) is 57.2 Å². The Morgan fingerprint density at radius 3 is 2.23 bits per heavy atom. The van der Waals surface area contributed by atoms with Gasteiger partial charge in [0.25, 0.3) is 0 Å². The molecule has 0 radical (unpaired) electrons. The van der Waals surface area contributed by atoms with Gasteiger partial charge in [-0.25, -0.2) is 9.18 Å². The van der Waals surface area contributed by atoms with Crippen LogP contribution in [0.5, 0.6) is 5.75 Å². The smallest absolute Gasteiger partial charge is 0.408 e. The number of nitrogens with one attached hydrogen (secondary N) is 1. The van der Waals surface area contributed by atoms with Crippen molar-refractivity contribution in [1.82, 2.24) is 5.32 Å². The zero-order chi connectivity index (χ0) is 31.8. The van der Waals surface area contributed by atoms with Crippen LogP contribution in [-0.2, 0) is 33.7 Å². The highest BCUT2D eigenvalue weighted by atomic mass is 19.1. The van der Waals surface area contributed by atoms with E-state index in [1.165, 1.54) is 0 Å². The number of hydrogen-bond donors (Lipinski definition) is 1. The lowest BCUT2D eigenvalue weighted by Crippen LogP contribution is -2.34. The molecule has 3 rings (SSSR count). The minimum Gasteiger partial charge on any atom is -0.489 e. The van der Waals surface area contributed by atoms with Crippen molar-refractivity contribution < 1.29 is 32.6 Å². The Morgan fingerprint density at radius 2 is 1.56 bits per heavy atom. The van der Waals surface area contributed by atoms with E-state index in [1.54, 1.807) is 52.0 Å². The van der Waals surface area contributed by atoms with Crippen molar-refractivity contribution in [1.29, 1.82) is 0 Å².